The second-order valence-electron chi connectivity index (χ2n) is 3.72. The maximum absolute atomic E-state index is 8.91. The van der Waals surface area contributed by atoms with E-state index in [9.17, 15) is 0 Å². The minimum atomic E-state index is 0.259. The third kappa shape index (κ3) is 2.72. The molecule has 19 heavy (non-hydrogen) atoms. The first-order valence-electron chi connectivity index (χ1n) is 5.43. The molecule has 5 heteroatoms. The van der Waals surface area contributed by atoms with E-state index in [0.29, 0.717) is 29.1 Å². The fraction of sp³-hybridized carbons (Fsp3) is 0.0714. The van der Waals surface area contributed by atoms with Gasteiger partial charge in [0.05, 0.1) is 17.7 Å². The summed E-state index contributed by atoms with van der Waals surface area (Å²) in [7, 11) is 0. The Kier molecular flexibility index (Phi) is 3.48. The highest BCUT2D eigenvalue weighted by Gasteiger charge is 2.04. The minimum absolute atomic E-state index is 0.259. The van der Waals surface area contributed by atoms with Crippen molar-refractivity contribution in [1.82, 2.24) is 0 Å². The molecule has 0 fully saturated rings. The van der Waals surface area contributed by atoms with Crippen LogP contribution in [-0.4, -0.2) is 0 Å². The van der Waals surface area contributed by atoms with Crippen LogP contribution in [0.25, 0.3) is 0 Å². The van der Waals surface area contributed by atoms with E-state index >= 15 is 0 Å². The van der Waals surface area contributed by atoms with Crippen LogP contribution in [0.3, 0.4) is 0 Å². The van der Waals surface area contributed by atoms with E-state index in [4.69, 9.17) is 20.2 Å². The molecule has 90 valence electrons. The van der Waals surface area contributed by atoms with Gasteiger partial charge in [0.1, 0.15) is 24.0 Å². The molecule has 0 saturated heterocycles. The van der Waals surface area contributed by atoms with Gasteiger partial charge in [-0.05, 0) is 30.3 Å². The Morgan fingerprint density at radius 2 is 1.74 bits per heavy atom. The van der Waals surface area contributed by atoms with Crippen molar-refractivity contribution in [3.8, 4) is 18.2 Å². The second kappa shape index (κ2) is 5.40. The summed E-state index contributed by atoms with van der Waals surface area (Å²) in [6, 6.07) is 14.0. The zero-order chi connectivity index (χ0) is 13.7. The van der Waals surface area contributed by atoms with Gasteiger partial charge in [0.2, 0.25) is 5.76 Å². The SMILES string of the molecule is N#Cc1ccc(CNc2ccc(C#N)c(C#N)c2)o1. The number of anilines is 1. The summed E-state index contributed by atoms with van der Waals surface area (Å²) in [6.07, 6.45) is 0. The number of nitrogens with zero attached hydrogens (tertiary/aromatic N) is 3. The molecular weight excluding hydrogens is 240 g/mol. The van der Waals surface area contributed by atoms with Crippen LogP contribution in [0.15, 0.2) is 34.7 Å². The van der Waals surface area contributed by atoms with Crippen molar-refractivity contribution < 1.29 is 4.42 Å². The van der Waals surface area contributed by atoms with Gasteiger partial charge in [-0.2, -0.15) is 15.8 Å². The lowest BCUT2D eigenvalue weighted by Crippen LogP contribution is -1.99. The largest absolute Gasteiger partial charge is 0.449 e. The molecule has 1 aromatic carbocycles. The van der Waals surface area contributed by atoms with E-state index in [-0.39, 0.29) is 5.76 Å². The first-order chi connectivity index (χ1) is 9.26. The van der Waals surface area contributed by atoms with Crippen LogP contribution in [0.5, 0.6) is 0 Å². The van der Waals surface area contributed by atoms with E-state index < -0.39 is 0 Å². The van der Waals surface area contributed by atoms with Gasteiger partial charge in [0.25, 0.3) is 0 Å². The molecule has 0 atom stereocenters. The Morgan fingerprint density at radius 1 is 0.947 bits per heavy atom. The van der Waals surface area contributed by atoms with Crippen molar-refractivity contribution in [3.05, 3.63) is 53.0 Å². The highest BCUT2D eigenvalue weighted by molar-refractivity contribution is 5.56. The van der Waals surface area contributed by atoms with Crippen LogP contribution in [-0.2, 0) is 6.54 Å². The van der Waals surface area contributed by atoms with Gasteiger partial charge >= 0.3 is 0 Å². The molecule has 0 unspecified atom stereocenters. The fourth-order valence-corrected chi connectivity index (χ4v) is 1.57. The van der Waals surface area contributed by atoms with Crippen LogP contribution in [0.1, 0.15) is 22.6 Å². The van der Waals surface area contributed by atoms with Crippen LogP contribution in [0, 0.1) is 34.0 Å². The number of furan rings is 1. The summed E-state index contributed by atoms with van der Waals surface area (Å²) in [5.41, 5.74) is 1.38. The monoisotopic (exact) mass is 248 g/mol. The zero-order valence-electron chi connectivity index (χ0n) is 9.84. The lowest BCUT2D eigenvalue weighted by atomic mass is 10.1. The summed E-state index contributed by atoms with van der Waals surface area (Å²) in [5.74, 6) is 0.883. The minimum Gasteiger partial charge on any atom is -0.449 e. The molecule has 0 radical (unpaired) electrons. The molecule has 0 aliphatic heterocycles. The maximum atomic E-state index is 8.91. The molecule has 1 aromatic heterocycles. The van der Waals surface area contributed by atoms with Gasteiger partial charge in [-0.1, -0.05) is 0 Å². The quantitative estimate of drug-likeness (QED) is 0.900. The lowest BCUT2D eigenvalue weighted by Gasteiger charge is -2.05. The van der Waals surface area contributed by atoms with E-state index in [1.807, 2.05) is 18.2 Å². The zero-order valence-corrected chi connectivity index (χ0v) is 9.84. The number of nitrogens with one attached hydrogen (secondary N) is 1. The third-order valence-electron chi connectivity index (χ3n) is 2.50. The Morgan fingerprint density at radius 3 is 2.37 bits per heavy atom. The molecule has 0 bridgehead atoms. The molecule has 5 nitrogen and oxygen atoms in total. The smallest absolute Gasteiger partial charge is 0.203 e. The Bertz CT molecular complexity index is 725. The highest BCUT2D eigenvalue weighted by atomic mass is 16.3. The van der Waals surface area contributed by atoms with Gasteiger partial charge in [-0.25, -0.2) is 0 Å². The summed E-state index contributed by atoms with van der Waals surface area (Å²) >= 11 is 0. The first-order valence-corrected chi connectivity index (χ1v) is 5.43. The van der Waals surface area contributed by atoms with E-state index in [1.54, 1.807) is 30.3 Å². The van der Waals surface area contributed by atoms with Crippen molar-refractivity contribution >= 4 is 5.69 Å². The van der Waals surface area contributed by atoms with Crippen molar-refractivity contribution in [2.75, 3.05) is 5.32 Å². The average Bonchev–Trinajstić information content (AvgIpc) is 2.92. The standard InChI is InChI=1S/C14H8N4O/c15-6-10-1-2-12(5-11(10)7-16)18-9-14-4-3-13(8-17)19-14/h1-5,18H,9H2. The van der Waals surface area contributed by atoms with Crippen LogP contribution in [0.4, 0.5) is 5.69 Å². The van der Waals surface area contributed by atoms with Gasteiger partial charge < -0.3 is 9.73 Å². The molecule has 0 saturated carbocycles. The topological polar surface area (TPSA) is 96.5 Å². The summed E-state index contributed by atoms with van der Waals surface area (Å²) in [6.45, 7) is 0.401. The second-order valence-corrected chi connectivity index (χ2v) is 3.72. The third-order valence-corrected chi connectivity index (χ3v) is 2.50. The molecule has 0 aliphatic rings. The molecule has 0 spiro atoms. The lowest BCUT2D eigenvalue weighted by molar-refractivity contribution is 0.506. The van der Waals surface area contributed by atoms with Gasteiger partial charge in [0.15, 0.2) is 0 Å². The van der Waals surface area contributed by atoms with Crippen LogP contribution >= 0.6 is 0 Å². The highest BCUT2D eigenvalue weighted by Crippen LogP contribution is 2.16. The average molecular weight is 248 g/mol. The van der Waals surface area contributed by atoms with Crippen LogP contribution in [0.2, 0.25) is 0 Å². The number of benzene rings is 1. The number of rotatable bonds is 3. The molecule has 0 aliphatic carbocycles. The van der Waals surface area contributed by atoms with Gasteiger partial charge in [-0.15, -0.1) is 0 Å². The molecule has 1 heterocycles. The summed E-state index contributed by atoms with van der Waals surface area (Å²) in [5, 5.41) is 29.4. The number of nitriles is 3. The van der Waals surface area contributed by atoms with Crippen molar-refractivity contribution in [3.63, 3.8) is 0 Å². The Labute approximate surface area is 109 Å². The normalized spacial score (nSPS) is 9.11. The first kappa shape index (κ1) is 12.2. The van der Waals surface area contributed by atoms with Gasteiger partial charge in [0, 0.05) is 5.69 Å². The molecule has 1 N–H and O–H groups in total. The number of hydrogen-bond donors (Lipinski definition) is 1. The van der Waals surface area contributed by atoms with Crippen molar-refractivity contribution in [2.24, 2.45) is 0 Å². The van der Waals surface area contributed by atoms with E-state index in [1.165, 1.54) is 0 Å². The van der Waals surface area contributed by atoms with Crippen molar-refractivity contribution in [2.45, 2.75) is 6.54 Å². The Balaban J connectivity index is 2.11. The van der Waals surface area contributed by atoms with Crippen molar-refractivity contribution in [1.29, 1.82) is 15.8 Å². The number of hydrogen-bond acceptors (Lipinski definition) is 5. The molecule has 2 aromatic rings. The molecule has 2 rings (SSSR count). The van der Waals surface area contributed by atoms with Gasteiger partial charge in [-0.3, -0.25) is 0 Å². The molecule has 0 amide bonds. The van der Waals surface area contributed by atoms with E-state index in [2.05, 4.69) is 5.32 Å². The predicted molar refractivity (Wildman–Crippen MR) is 66.6 cm³/mol. The van der Waals surface area contributed by atoms with E-state index in [0.717, 1.165) is 0 Å². The Hall–Kier alpha value is -3.23. The summed E-state index contributed by atoms with van der Waals surface area (Å²) in [4.78, 5) is 0. The summed E-state index contributed by atoms with van der Waals surface area (Å²) < 4.78 is 5.22. The maximum Gasteiger partial charge on any atom is 0.203 e. The molecular formula is C14H8N4O. The predicted octanol–water partition coefficient (Wildman–Crippen LogP) is 2.51. The fourth-order valence-electron chi connectivity index (χ4n) is 1.57. The van der Waals surface area contributed by atoms with Crippen LogP contribution < -0.4 is 5.32 Å².